The molecule has 0 aliphatic rings. The fourth-order valence-corrected chi connectivity index (χ4v) is 4.16. The molecule has 8 nitrogen and oxygen atoms in total. The third-order valence-electron chi connectivity index (χ3n) is 4.09. The van der Waals surface area contributed by atoms with E-state index in [4.69, 9.17) is 11.6 Å². The highest BCUT2D eigenvalue weighted by Gasteiger charge is 2.17. The van der Waals surface area contributed by atoms with E-state index >= 15 is 0 Å². The van der Waals surface area contributed by atoms with Gasteiger partial charge in [0.1, 0.15) is 11.5 Å². The fourth-order valence-electron chi connectivity index (χ4n) is 2.98. The number of carbonyl (C=O) groups excluding carboxylic acids is 1. The van der Waals surface area contributed by atoms with Crippen molar-refractivity contribution in [2.45, 2.75) is 20.3 Å². The van der Waals surface area contributed by atoms with Crippen LogP contribution in [0, 0.1) is 6.92 Å². The Kier molecular flexibility index (Phi) is 5.57. The van der Waals surface area contributed by atoms with Crippen LogP contribution in [-0.2, 0) is 21.9 Å². The molecule has 3 aromatic heterocycles. The lowest BCUT2D eigenvalue weighted by Crippen LogP contribution is -2.30. The van der Waals surface area contributed by atoms with Gasteiger partial charge in [-0.3, -0.25) is 14.0 Å². The molecule has 0 atom stereocenters. The zero-order valence-corrected chi connectivity index (χ0v) is 17.3. The first-order valence-corrected chi connectivity index (χ1v) is 10.6. The molecule has 3 rings (SSSR count). The number of nitrogens with zero attached hydrogens (tertiary/aromatic N) is 4. The zero-order chi connectivity index (χ0) is 20.5. The number of halogens is 1. The number of nitrogens with one attached hydrogen (secondary N) is 1. The van der Waals surface area contributed by atoms with Crippen LogP contribution < -0.4 is 4.72 Å². The lowest BCUT2D eigenvalue weighted by atomic mass is 10.2. The molecule has 0 radical (unpaired) electrons. The molecule has 0 spiro atoms. The third-order valence-corrected chi connectivity index (χ3v) is 5.75. The van der Waals surface area contributed by atoms with Gasteiger partial charge in [-0.2, -0.15) is 5.10 Å². The lowest BCUT2D eigenvalue weighted by Gasteiger charge is -2.07. The van der Waals surface area contributed by atoms with Crippen molar-refractivity contribution in [3.63, 3.8) is 0 Å². The quantitative estimate of drug-likeness (QED) is 0.617. The van der Waals surface area contributed by atoms with E-state index in [2.05, 4.69) is 10.1 Å². The first-order chi connectivity index (χ1) is 13.2. The number of amides is 1. The molecule has 0 aliphatic heterocycles. The summed E-state index contributed by atoms with van der Waals surface area (Å²) >= 11 is 6.01. The molecular weight excluding hydrogens is 402 g/mol. The van der Waals surface area contributed by atoms with E-state index in [1.807, 2.05) is 34.5 Å². The standard InChI is InChI=1S/C18H20ClN5O3S/c1-4-9-28(26,27)22-16(25)6-5-15-12(2)21-23(3)18(15)24-8-7-13-10-14(19)11-20-17(13)24/h5-8,10-11H,4,9H2,1-3H3,(H,22,25)/b6-5+. The molecule has 28 heavy (non-hydrogen) atoms. The van der Waals surface area contributed by atoms with Gasteiger partial charge in [0.2, 0.25) is 10.0 Å². The van der Waals surface area contributed by atoms with Gasteiger partial charge < -0.3 is 0 Å². The van der Waals surface area contributed by atoms with Crippen LogP contribution >= 0.6 is 11.6 Å². The van der Waals surface area contributed by atoms with Crippen molar-refractivity contribution in [1.82, 2.24) is 24.1 Å². The predicted molar refractivity (Wildman–Crippen MR) is 109 cm³/mol. The predicted octanol–water partition coefficient (Wildman–Crippen LogP) is 2.59. The van der Waals surface area contributed by atoms with E-state index in [0.29, 0.717) is 34.2 Å². The number of fused-ring (bicyclic) bond motifs is 1. The van der Waals surface area contributed by atoms with E-state index in [0.717, 1.165) is 5.39 Å². The van der Waals surface area contributed by atoms with Gasteiger partial charge >= 0.3 is 0 Å². The van der Waals surface area contributed by atoms with Gasteiger partial charge in [0.25, 0.3) is 5.91 Å². The number of hydrogen-bond acceptors (Lipinski definition) is 5. The van der Waals surface area contributed by atoms with E-state index in [1.165, 1.54) is 6.08 Å². The van der Waals surface area contributed by atoms with Crippen molar-refractivity contribution >= 4 is 44.6 Å². The zero-order valence-electron chi connectivity index (χ0n) is 15.7. The van der Waals surface area contributed by atoms with Crippen LogP contribution in [0.1, 0.15) is 24.6 Å². The van der Waals surface area contributed by atoms with Crippen LogP contribution in [0.3, 0.4) is 0 Å². The summed E-state index contributed by atoms with van der Waals surface area (Å²) in [6.45, 7) is 3.54. The van der Waals surface area contributed by atoms with Crippen molar-refractivity contribution in [3.8, 4) is 5.82 Å². The van der Waals surface area contributed by atoms with Gasteiger partial charge in [-0.05, 0) is 31.6 Å². The van der Waals surface area contributed by atoms with Gasteiger partial charge in [-0.15, -0.1) is 0 Å². The molecule has 0 fully saturated rings. The number of rotatable bonds is 6. The van der Waals surface area contributed by atoms with Gasteiger partial charge in [0.15, 0.2) is 0 Å². The summed E-state index contributed by atoms with van der Waals surface area (Å²) in [7, 11) is -1.84. The van der Waals surface area contributed by atoms with Crippen molar-refractivity contribution in [2.24, 2.45) is 7.05 Å². The molecule has 1 amide bonds. The van der Waals surface area contributed by atoms with E-state index in [1.54, 1.807) is 30.9 Å². The summed E-state index contributed by atoms with van der Waals surface area (Å²) in [5, 5.41) is 5.82. The first kappa shape index (κ1) is 20.1. The normalized spacial score (nSPS) is 12.1. The highest BCUT2D eigenvalue weighted by atomic mass is 35.5. The maximum atomic E-state index is 12.0. The van der Waals surface area contributed by atoms with Crippen LogP contribution in [0.5, 0.6) is 0 Å². The average molecular weight is 422 g/mol. The minimum absolute atomic E-state index is 0.104. The molecule has 0 aliphatic carbocycles. The number of aromatic nitrogens is 4. The second kappa shape index (κ2) is 7.76. The number of pyridine rings is 1. The van der Waals surface area contributed by atoms with Crippen molar-refractivity contribution in [2.75, 3.05) is 5.75 Å². The molecule has 0 saturated carbocycles. The highest BCUT2D eigenvalue weighted by molar-refractivity contribution is 7.90. The minimum atomic E-state index is -3.63. The number of carbonyl (C=O) groups is 1. The second-order valence-corrected chi connectivity index (χ2v) is 8.60. The number of aryl methyl sites for hydroxylation is 2. The van der Waals surface area contributed by atoms with Crippen LogP contribution in [0.4, 0.5) is 0 Å². The molecule has 0 unspecified atom stereocenters. The van der Waals surface area contributed by atoms with Crippen LogP contribution in [0.15, 0.2) is 30.6 Å². The van der Waals surface area contributed by atoms with E-state index < -0.39 is 15.9 Å². The maximum Gasteiger partial charge on any atom is 0.257 e. The van der Waals surface area contributed by atoms with Crippen LogP contribution in [-0.4, -0.2) is 39.4 Å². The molecule has 0 saturated heterocycles. The molecular formula is C18H20ClN5O3S. The van der Waals surface area contributed by atoms with E-state index in [-0.39, 0.29) is 5.75 Å². The molecule has 0 bridgehead atoms. The van der Waals surface area contributed by atoms with Crippen LogP contribution in [0.2, 0.25) is 5.02 Å². The Morgan fingerprint density at radius 1 is 1.39 bits per heavy atom. The number of sulfonamides is 1. The minimum Gasteiger partial charge on any atom is -0.285 e. The molecule has 10 heteroatoms. The molecule has 3 aromatic rings. The summed E-state index contributed by atoms with van der Waals surface area (Å²) in [5.74, 6) is -0.111. The van der Waals surface area contributed by atoms with Gasteiger partial charge in [0, 0.05) is 36.5 Å². The Balaban J connectivity index is 1.98. The van der Waals surface area contributed by atoms with E-state index in [9.17, 15) is 13.2 Å². The molecule has 148 valence electrons. The summed E-state index contributed by atoms with van der Waals surface area (Å²) in [6, 6.07) is 3.69. The first-order valence-electron chi connectivity index (χ1n) is 8.61. The summed E-state index contributed by atoms with van der Waals surface area (Å²) in [6.07, 6.45) is 6.57. The summed E-state index contributed by atoms with van der Waals surface area (Å²) in [4.78, 5) is 16.4. The summed E-state index contributed by atoms with van der Waals surface area (Å²) < 4.78 is 29.0. The average Bonchev–Trinajstić information content (AvgIpc) is 3.11. The maximum absolute atomic E-state index is 12.0. The topological polar surface area (TPSA) is 98.9 Å². The largest absolute Gasteiger partial charge is 0.285 e. The van der Waals surface area contributed by atoms with Crippen molar-refractivity contribution < 1.29 is 13.2 Å². The van der Waals surface area contributed by atoms with Gasteiger partial charge in [-0.25, -0.2) is 18.1 Å². The molecule has 1 N–H and O–H groups in total. The third kappa shape index (κ3) is 4.10. The SMILES string of the molecule is CCCS(=O)(=O)NC(=O)/C=C/c1c(C)nn(C)c1-n1ccc2cc(Cl)cnc21. The highest BCUT2D eigenvalue weighted by Crippen LogP contribution is 2.25. The van der Waals surface area contributed by atoms with Crippen LogP contribution in [0.25, 0.3) is 22.9 Å². The Bertz CT molecular complexity index is 1180. The number of hydrogen-bond donors (Lipinski definition) is 1. The Labute approximate surface area is 167 Å². The Morgan fingerprint density at radius 3 is 2.86 bits per heavy atom. The summed E-state index contributed by atoms with van der Waals surface area (Å²) in [5.41, 5.74) is 2.06. The second-order valence-electron chi connectivity index (χ2n) is 6.32. The Morgan fingerprint density at radius 2 is 2.14 bits per heavy atom. The Hall–Kier alpha value is -2.65. The smallest absolute Gasteiger partial charge is 0.257 e. The fraction of sp³-hybridized carbons (Fsp3) is 0.278. The van der Waals surface area contributed by atoms with Crippen molar-refractivity contribution in [3.05, 3.63) is 46.9 Å². The van der Waals surface area contributed by atoms with Crippen molar-refractivity contribution in [1.29, 1.82) is 0 Å². The lowest BCUT2D eigenvalue weighted by molar-refractivity contribution is -0.114. The molecule has 0 aromatic carbocycles. The van der Waals surface area contributed by atoms with Gasteiger partial charge in [-0.1, -0.05) is 18.5 Å². The monoisotopic (exact) mass is 421 g/mol. The van der Waals surface area contributed by atoms with Gasteiger partial charge in [0.05, 0.1) is 16.5 Å². The molecule has 3 heterocycles.